The number of nitrogens with zero attached hydrogens (tertiary/aromatic N) is 2. The molecule has 3 rings (SSSR count). The first kappa shape index (κ1) is 21.3. The molecule has 1 unspecified atom stereocenters. The van der Waals surface area contributed by atoms with Gasteiger partial charge in [0.1, 0.15) is 16.7 Å². The number of hydrogen-bond acceptors (Lipinski definition) is 5. The Hall–Kier alpha value is -3.37. The number of carbonyl (C=O) groups excluding carboxylic acids is 1. The lowest BCUT2D eigenvalue weighted by Gasteiger charge is -2.20. The van der Waals surface area contributed by atoms with Crippen LogP contribution >= 0.6 is 11.6 Å². The number of fused-ring (bicyclic) bond motifs is 1. The number of nitrogens with one attached hydrogen (secondary N) is 2. The highest BCUT2D eigenvalue weighted by atomic mass is 35.5. The number of anilines is 1. The molecule has 0 bridgehead atoms. The number of nitriles is 1. The molecule has 0 saturated heterocycles. The van der Waals surface area contributed by atoms with Crippen LogP contribution in [0.4, 0.5) is 11.4 Å². The maximum absolute atomic E-state index is 12.5. The molecule has 2 aromatic carbocycles. The second-order valence-electron chi connectivity index (χ2n) is 7.17. The molecule has 7 nitrogen and oxygen atoms in total. The number of amides is 1. The molecule has 0 fully saturated rings. The van der Waals surface area contributed by atoms with Crippen LogP contribution in [0.2, 0.25) is 5.02 Å². The molecular formula is C22H21ClN4O3. The molecule has 154 valence electrons. The lowest BCUT2D eigenvalue weighted by atomic mass is 9.89. The summed E-state index contributed by atoms with van der Waals surface area (Å²) in [6, 6.07) is 12.0. The molecule has 0 radical (unpaired) electrons. The molecule has 0 aliphatic heterocycles. The van der Waals surface area contributed by atoms with Crippen LogP contribution in [0.3, 0.4) is 0 Å². The summed E-state index contributed by atoms with van der Waals surface area (Å²) in [5.74, 6) is -0.529. The summed E-state index contributed by atoms with van der Waals surface area (Å²) in [6.07, 6.45) is 5.74. The van der Waals surface area contributed by atoms with E-state index in [1.807, 2.05) is 19.1 Å². The van der Waals surface area contributed by atoms with Crippen molar-refractivity contribution in [1.82, 2.24) is 5.32 Å². The van der Waals surface area contributed by atoms with Crippen LogP contribution in [-0.2, 0) is 17.6 Å². The summed E-state index contributed by atoms with van der Waals surface area (Å²) in [6.45, 7) is 1.87. The molecule has 1 aliphatic carbocycles. The van der Waals surface area contributed by atoms with E-state index in [1.54, 1.807) is 0 Å². The number of benzene rings is 2. The first-order valence-electron chi connectivity index (χ1n) is 9.62. The second kappa shape index (κ2) is 9.42. The third-order valence-corrected chi connectivity index (χ3v) is 5.43. The summed E-state index contributed by atoms with van der Waals surface area (Å²) >= 11 is 5.79. The number of nitro groups is 1. The van der Waals surface area contributed by atoms with Crippen molar-refractivity contribution in [2.24, 2.45) is 0 Å². The third-order valence-electron chi connectivity index (χ3n) is 5.11. The van der Waals surface area contributed by atoms with Crippen LogP contribution in [0, 0.1) is 21.4 Å². The highest BCUT2D eigenvalue weighted by Crippen LogP contribution is 2.28. The van der Waals surface area contributed by atoms with Crippen molar-refractivity contribution in [2.45, 2.75) is 38.6 Å². The van der Waals surface area contributed by atoms with E-state index in [2.05, 4.69) is 22.8 Å². The monoisotopic (exact) mass is 424 g/mol. The number of hydrogen-bond donors (Lipinski definition) is 2. The van der Waals surface area contributed by atoms with Crippen molar-refractivity contribution >= 4 is 28.9 Å². The Morgan fingerprint density at radius 2 is 1.97 bits per heavy atom. The van der Waals surface area contributed by atoms with Gasteiger partial charge in [-0.3, -0.25) is 14.9 Å². The van der Waals surface area contributed by atoms with Crippen LogP contribution in [0.5, 0.6) is 0 Å². The molecular weight excluding hydrogens is 404 g/mol. The van der Waals surface area contributed by atoms with Gasteiger partial charge >= 0.3 is 0 Å². The van der Waals surface area contributed by atoms with Gasteiger partial charge in [-0.15, -0.1) is 0 Å². The van der Waals surface area contributed by atoms with Crippen molar-refractivity contribution in [3.05, 3.63) is 80.0 Å². The molecule has 2 N–H and O–H groups in total. The van der Waals surface area contributed by atoms with E-state index in [4.69, 9.17) is 11.6 Å². The molecule has 8 heteroatoms. The van der Waals surface area contributed by atoms with Gasteiger partial charge in [0, 0.05) is 18.0 Å². The van der Waals surface area contributed by atoms with Crippen molar-refractivity contribution < 1.29 is 9.72 Å². The average molecular weight is 425 g/mol. The summed E-state index contributed by atoms with van der Waals surface area (Å²) in [5.41, 5.74) is 3.61. The first-order valence-corrected chi connectivity index (χ1v) is 10.00. The Bertz CT molecular complexity index is 1060. The van der Waals surface area contributed by atoms with Crippen molar-refractivity contribution in [3.63, 3.8) is 0 Å². The Morgan fingerprint density at radius 1 is 1.23 bits per heavy atom. The maximum Gasteiger partial charge on any atom is 0.289 e. The van der Waals surface area contributed by atoms with Gasteiger partial charge in [-0.2, -0.15) is 5.26 Å². The molecule has 0 aromatic heterocycles. The molecule has 1 aliphatic rings. The predicted molar refractivity (Wildman–Crippen MR) is 115 cm³/mol. The van der Waals surface area contributed by atoms with Crippen LogP contribution in [0.25, 0.3) is 0 Å². The zero-order valence-corrected chi connectivity index (χ0v) is 17.2. The van der Waals surface area contributed by atoms with Crippen LogP contribution in [0.15, 0.2) is 48.2 Å². The molecule has 0 heterocycles. The van der Waals surface area contributed by atoms with E-state index in [0.29, 0.717) is 5.69 Å². The van der Waals surface area contributed by atoms with E-state index < -0.39 is 10.8 Å². The number of aryl methyl sites for hydroxylation is 2. The second-order valence-corrected chi connectivity index (χ2v) is 7.58. The molecule has 1 amide bonds. The zero-order chi connectivity index (χ0) is 21.7. The van der Waals surface area contributed by atoms with Gasteiger partial charge < -0.3 is 10.6 Å². The minimum atomic E-state index is -0.602. The number of nitro benzene ring substituents is 1. The number of carbonyl (C=O) groups is 1. The normalized spacial score (nSPS) is 14.2. The van der Waals surface area contributed by atoms with Crippen molar-refractivity contribution in [2.75, 3.05) is 5.32 Å². The summed E-state index contributed by atoms with van der Waals surface area (Å²) in [4.78, 5) is 22.9. The average Bonchev–Trinajstić information content (AvgIpc) is 2.74. The molecule has 0 spiro atoms. The van der Waals surface area contributed by atoms with Crippen LogP contribution < -0.4 is 10.6 Å². The Kier molecular flexibility index (Phi) is 6.70. The Labute approximate surface area is 179 Å². The molecule has 0 saturated carbocycles. The first-order chi connectivity index (χ1) is 14.4. The topological polar surface area (TPSA) is 108 Å². The zero-order valence-electron chi connectivity index (χ0n) is 16.4. The van der Waals surface area contributed by atoms with E-state index in [0.717, 1.165) is 18.4 Å². The maximum atomic E-state index is 12.5. The standard InChI is InChI=1S/C22H21ClN4O3/c1-14(16-7-6-15-4-2-3-5-17(15)10-16)26-22(28)18(12-24)13-25-19-8-9-20(23)21(11-19)27(29)30/h6-11,13-14,25H,2-5H2,1H3,(H,26,28)/b18-13-. The number of rotatable bonds is 6. The molecule has 2 aromatic rings. The quantitative estimate of drug-likeness (QED) is 0.299. The number of halogens is 1. The molecule has 30 heavy (non-hydrogen) atoms. The highest BCUT2D eigenvalue weighted by Gasteiger charge is 2.17. The summed E-state index contributed by atoms with van der Waals surface area (Å²) in [5, 5.41) is 25.9. The fourth-order valence-electron chi connectivity index (χ4n) is 3.43. The minimum absolute atomic E-state index is 0.00616. The smallest absolute Gasteiger partial charge is 0.289 e. The van der Waals surface area contributed by atoms with Crippen molar-refractivity contribution in [1.29, 1.82) is 5.26 Å². The fourth-order valence-corrected chi connectivity index (χ4v) is 3.61. The Morgan fingerprint density at radius 3 is 2.67 bits per heavy atom. The van der Waals surface area contributed by atoms with E-state index in [-0.39, 0.29) is 22.3 Å². The lowest BCUT2D eigenvalue weighted by molar-refractivity contribution is -0.384. The summed E-state index contributed by atoms with van der Waals surface area (Å²) in [7, 11) is 0. The largest absolute Gasteiger partial charge is 0.360 e. The molecule has 1 atom stereocenters. The highest BCUT2D eigenvalue weighted by molar-refractivity contribution is 6.32. The van der Waals surface area contributed by atoms with Gasteiger partial charge in [0.05, 0.1) is 11.0 Å². The van der Waals surface area contributed by atoms with Gasteiger partial charge in [-0.25, -0.2) is 0 Å². The summed E-state index contributed by atoms with van der Waals surface area (Å²) < 4.78 is 0. The third kappa shape index (κ3) is 4.97. The van der Waals surface area contributed by atoms with Gasteiger partial charge in [0.25, 0.3) is 11.6 Å². The van der Waals surface area contributed by atoms with Crippen LogP contribution in [-0.4, -0.2) is 10.8 Å². The Balaban J connectivity index is 1.69. The van der Waals surface area contributed by atoms with Gasteiger partial charge in [-0.1, -0.05) is 29.8 Å². The van der Waals surface area contributed by atoms with Gasteiger partial charge in [0.15, 0.2) is 0 Å². The predicted octanol–water partition coefficient (Wildman–Crippen LogP) is 4.82. The van der Waals surface area contributed by atoms with E-state index in [9.17, 15) is 20.2 Å². The fraction of sp³-hybridized carbons (Fsp3) is 0.273. The minimum Gasteiger partial charge on any atom is -0.360 e. The van der Waals surface area contributed by atoms with E-state index in [1.165, 1.54) is 48.4 Å². The van der Waals surface area contributed by atoms with Crippen molar-refractivity contribution in [3.8, 4) is 6.07 Å². The van der Waals surface area contributed by atoms with Gasteiger partial charge in [0.2, 0.25) is 0 Å². The lowest BCUT2D eigenvalue weighted by Crippen LogP contribution is -2.28. The van der Waals surface area contributed by atoms with Crippen LogP contribution in [0.1, 0.15) is 42.5 Å². The van der Waals surface area contributed by atoms with Gasteiger partial charge in [-0.05, 0) is 61.4 Å². The van der Waals surface area contributed by atoms with E-state index >= 15 is 0 Å². The SMILES string of the molecule is CC(NC(=O)/C(C#N)=C\Nc1ccc(Cl)c([N+](=O)[O-])c1)c1ccc2c(c1)CCCC2.